The normalized spacial score (nSPS) is 9.80. The number of methoxy groups -OCH3 is 1. The van der Waals surface area contributed by atoms with Crippen LogP contribution in [0.5, 0.6) is 0 Å². The van der Waals surface area contributed by atoms with Crippen molar-refractivity contribution in [3.05, 3.63) is 31.8 Å². The van der Waals surface area contributed by atoms with Crippen molar-refractivity contribution in [2.24, 2.45) is 0 Å². The molecule has 0 aliphatic carbocycles. The van der Waals surface area contributed by atoms with E-state index in [-0.39, 0.29) is 6.42 Å². The van der Waals surface area contributed by atoms with Crippen LogP contribution in [0.2, 0.25) is 0 Å². The molecule has 80 valence electrons. The lowest BCUT2D eigenvalue weighted by Crippen LogP contribution is -2.18. The number of ether oxygens (including phenoxy) is 1. The fourth-order valence-electron chi connectivity index (χ4n) is 1.04. The number of carbonyl (C=O) groups excluding carboxylic acids is 2. The van der Waals surface area contributed by atoms with Crippen LogP contribution >= 0.6 is 38.5 Å². The van der Waals surface area contributed by atoms with Gasteiger partial charge in [-0.05, 0) is 46.4 Å². The summed E-state index contributed by atoms with van der Waals surface area (Å²) in [4.78, 5) is 22.2. The van der Waals surface area contributed by atoms with Gasteiger partial charge in [-0.2, -0.15) is 0 Å². The summed E-state index contributed by atoms with van der Waals surface area (Å²) in [7, 11) is 1.20. The summed E-state index contributed by atoms with van der Waals surface area (Å²) >= 11 is 5.43. The first-order chi connectivity index (χ1) is 7.04. The molecule has 0 fully saturated rings. The molecule has 0 unspecified atom stereocenters. The molecule has 0 aliphatic rings. The van der Waals surface area contributed by atoms with Crippen LogP contribution in [0, 0.1) is 3.57 Å². The highest BCUT2D eigenvalue weighted by atomic mass is 127. The molecular weight excluding hydrogens is 375 g/mol. The fourth-order valence-corrected chi connectivity index (χ4v) is 1.97. The van der Waals surface area contributed by atoms with Crippen molar-refractivity contribution in [2.45, 2.75) is 6.42 Å². The number of esters is 1. The predicted octanol–water partition coefficient (Wildman–Crippen LogP) is 2.34. The van der Waals surface area contributed by atoms with Gasteiger partial charge in [-0.25, -0.2) is 4.79 Å². The van der Waals surface area contributed by atoms with Crippen LogP contribution < -0.4 is 0 Å². The minimum atomic E-state index is -0.800. The monoisotopic (exact) mass is 382 g/mol. The molecular formula is C10H8BrIO3. The maximum absolute atomic E-state index is 11.3. The van der Waals surface area contributed by atoms with Gasteiger partial charge >= 0.3 is 5.97 Å². The number of halogens is 2. The molecule has 0 amide bonds. The van der Waals surface area contributed by atoms with Crippen LogP contribution in [0.1, 0.15) is 5.56 Å². The third-order valence-electron chi connectivity index (χ3n) is 1.77. The third-order valence-corrected chi connectivity index (χ3v) is 3.32. The summed E-state index contributed by atoms with van der Waals surface area (Å²) in [5, 5.41) is 0. The Labute approximate surface area is 109 Å². The number of hydrogen-bond acceptors (Lipinski definition) is 3. The zero-order chi connectivity index (χ0) is 11.4. The van der Waals surface area contributed by atoms with Gasteiger partial charge in [0.25, 0.3) is 0 Å². The molecule has 0 radical (unpaired) electrons. The van der Waals surface area contributed by atoms with Gasteiger partial charge in [0.15, 0.2) is 0 Å². The van der Waals surface area contributed by atoms with Crippen LogP contribution in [-0.2, 0) is 20.7 Å². The summed E-state index contributed by atoms with van der Waals surface area (Å²) in [6, 6.07) is 5.58. The Kier molecular flexibility index (Phi) is 4.72. The van der Waals surface area contributed by atoms with E-state index in [0.717, 1.165) is 13.6 Å². The Morgan fingerprint density at radius 3 is 2.73 bits per heavy atom. The summed E-state index contributed by atoms with van der Waals surface area (Å²) in [5.41, 5.74) is 0.820. The van der Waals surface area contributed by atoms with Crippen molar-refractivity contribution in [2.75, 3.05) is 7.11 Å². The van der Waals surface area contributed by atoms with Crippen molar-refractivity contribution in [3.63, 3.8) is 0 Å². The van der Waals surface area contributed by atoms with Gasteiger partial charge < -0.3 is 4.74 Å². The molecule has 0 N–H and O–H groups in total. The molecule has 0 saturated heterocycles. The van der Waals surface area contributed by atoms with Gasteiger partial charge in [-0.3, -0.25) is 4.79 Å². The number of rotatable bonds is 3. The van der Waals surface area contributed by atoms with E-state index in [9.17, 15) is 9.59 Å². The zero-order valence-corrected chi connectivity index (χ0v) is 11.7. The largest absolute Gasteiger partial charge is 0.463 e. The van der Waals surface area contributed by atoms with Gasteiger partial charge in [-0.15, -0.1) is 0 Å². The molecule has 3 nitrogen and oxygen atoms in total. The summed E-state index contributed by atoms with van der Waals surface area (Å²) in [6.45, 7) is 0. The third kappa shape index (κ3) is 3.57. The standard InChI is InChI=1S/C10H8BrIO3/c1-15-10(14)9(13)5-6-4-7(11)2-3-8(6)12/h2-4H,5H2,1H3. The van der Waals surface area contributed by atoms with Gasteiger partial charge in [-0.1, -0.05) is 15.9 Å². The second-order valence-corrected chi connectivity index (χ2v) is 4.91. The van der Waals surface area contributed by atoms with Gasteiger partial charge in [0.2, 0.25) is 5.78 Å². The molecule has 15 heavy (non-hydrogen) atoms. The highest BCUT2D eigenvalue weighted by molar-refractivity contribution is 14.1. The van der Waals surface area contributed by atoms with Crippen molar-refractivity contribution < 1.29 is 14.3 Å². The number of ketones is 1. The molecule has 0 spiro atoms. The van der Waals surface area contributed by atoms with Gasteiger partial charge in [0, 0.05) is 14.5 Å². The van der Waals surface area contributed by atoms with E-state index in [2.05, 4.69) is 43.3 Å². The molecule has 5 heteroatoms. The molecule has 0 aliphatic heterocycles. The number of Topliss-reactive ketones (excluding diaryl/α,β-unsaturated/α-hetero) is 1. The van der Waals surface area contributed by atoms with E-state index in [4.69, 9.17) is 0 Å². The first-order valence-electron chi connectivity index (χ1n) is 4.09. The quantitative estimate of drug-likeness (QED) is 0.458. The van der Waals surface area contributed by atoms with E-state index in [1.807, 2.05) is 18.2 Å². The predicted molar refractivity (Wildman–Crippen MR) is 67.6 cm³/mol. The van der Waals surface area contributed by atoms with E-state index < -0.39 is 11.8 Å². The Morgan fingerprint density at radius 1 is 1.47 bits per heavy atom. The summed E-state index contributed by atoms with van der Waals surface area (Å²) in [5.74, 6) is -1.33. The molecule has 1 aromatic carbocycles. The molecule has 0 saturated carbocycles. The second-order valence-electron chi connectivity index (χ2n) is 2.83. The van der Waals surface area contributed by atoms with Gasteiger partial charge in [0.1, 0.15) is 0 Å². The lowest BCUT2D eigenvalue weighted by atomic mass is 10.1. The number of benzene rings is 1. The highest BCUT2D eigenvalue weighted by Crippen LogP contribution is 2.19. The van der Waals surface area contributed by atoms with Crippen LogP contribution in [0.4, 0.5) is 0 Å². The molecule has 0 atom stereocenters. The zero-order valence-electron chi connectivity index (χ0n) is 7.92. The van der Waals surface area contributed by atoms with Crippen molar-refractivity contribution in [1.82, 2.24) is 0 Å². The smallest absolute Gasteiger partial charge is 0.374 e. The van der Waals surface area contributed by atoms with Crippen LogP contribution in [0.3, 0.4) is 0 Å². The maximum Gasteiger partial charge on any atom is 0.374 e. The SMILES string of the molecule is COC(=O)C(=O)Cc1cc(Br)ccc1I. The minimum Gasteiger partial charge on any atom is -0.463 e. The van der Waals surface area contributed by atoms with Crippen molar-refractivity contribution in [1.29, 1.82) is 0 Å². The number of carbonyl (C=O) groups is 2. The average Bonchev–Trinajstić information content (AvgIpc) is 2.22. The molecule has 0 bridgehead atoms. The molecule has 1 rings (SSSR count). The van der Waals surface area contributed by atoms with Crippen LogP contribution in [0.25, 0.3) is 0 Å². The van der Waals surface area contributed by atoms with Crippen molar-refractivity contribution >= 4 is 50.3 Å². The second kappa shape index (κ2) is 5.60. The number of hydrogen-bond donors (Lipinski definition) is 0. The fraction of sp³-hybridized carbons (Fsp3) is 0.200. The Hall–Kier alpha value is -0.430. The average molecular weight is 383 g/mol. The van der Waals surface area contributed by atoms with Crippen LogP contribution in [-0.4, -0.2) is 18.9 Å². The Balaban J connectivity index is 2.85. The van der Waals surface area contributed by atoms with E-state index in [1.165, 1.54) is 7.11 Å². The Bertz CT molecular complexity index is 404. The first kappa shape index (κ1) is 12.6. The highest BCUT2D eigenvalue weighted by Gasteiger charge is 2.15. The topological polar surface area (TPSA) is 43.4 Å². The maximum atomic E-state index is 11.3. The van der Waals surface area contributed by atoms with E-state index in [0.29, 0.717) is 0 Å². The van der Waals surface area contributed by atoms with Crippen molar-refractivity contribution in [3.8, 4) is 0 Å². The molecule has 0 heterocycles. The lowest BCUT2D eigenvalue weighted by molar-refractivity contribution is -0.151. The van der Waals surface area contributed by atoms with E-state index >= 15 is 0 Å². The minimum absolute atomic E-state index is 0.0738. The lowest BCUT2D eigenvalue weighted by Gasteiger charge is -2.03. The first-order valence-corrected chi connectivity index (χ1v) is 5.97. The molecule has 1 aromatic rings. The summed E-state index contributed by atoms with van der Waals surface area (Å²) < 4.78 is 6.19. The van der Waals surface area contributed by atoms with Crippen LogP contribution in [0.15, 0.2) is 22.7 Å². The van der Waals surface area contributed by atoms with Gasteiger partial charge in [0.05, 0.1) is 7.11 Å². The summed E-state index contributed by atoms with van der Waals surface area (Å²) in [6.07, 6.45) is 0.0738. The Morgan fingerprint density at radius 2 is 2.13 bits per heavy atom. The molecule has 0 aromatic heterocycles. The van der Waals surface area contributed by atoms with E-state index in [1.54, 1.807) is 0 Å².